The number of para-hydroxylation sites is 2. The summed E-state index contributed by atoms with van der Waals surface area (Å²) in [6, 6.07) is 17.6. The van der Waals surface area contributed by atoms with Gasteiger partial charge in [-0.05, 0) is 43.5 Å². The highest BCUT2D eigenvalue weighted by atomic mass is 32.1. The molecule has 1 amide bonds. The van der Waals surface area contributed by atoms with Crippen LogP contribution in [0.2, 0.25) is 0 Å². The van der Waals surface area contributed by atoms with E-state index in [2.05, 4.69) is 4.98 Å². The fourth-order valence-electron chi connectivity index (χ4n) is 3.35. The molecule has 0 fully saturated rings. The normalized spacial score (nSPS) is 11.1. The number of ether oxygens (including phenoxy) is 1. The molecule has 4 aromatic rings. The van der Waals surface area contributed by atoms with E-state index in [1.54, 1.807) is 4.90 Å². The first-order valence-corrected chi connectivity index (χ1v) is 10.2. The van der Waals surface area contributed by atoms with Crippen LogP contribution >= 0.6 is 11.3 Å². The first-order chi connectivity index (χ1) is 14.1. The molecular formula is C22H21N3O3S. The van der Waals surface area contributed by atoms with E-state index < -0.39 is 5.97 Å². The quantitative estimate of drug-likeness (QED) is 0.450. The van der Waals surface area contributed by atoms with Gasteiger partial charge in [0, 0.05) is 17.8 Å². The van der Waals surface area contributed by atoms with Crippen LogP contribution in [-0.2, 0) is 20.9 Å². The van der Waals surface area contributed by atoms with Crippen molar-refractivity contribution in [3.05, 3.63) is 60.3 Å². The smallest absolute Gasteiger partial charge is 0.326 e. The van der Waals surface area contributed by atoms with Crippen molar-refractivity contribution in [1.82, 2.24) is 9.55 Å². The fraction of sp³-hybridized carbons (Fsp3) is 0.227. The molecule has 0 spiro atoms. The second-order valence-corrected chi connectivity index (χ2v) is 7.70. The molecule has 2 aromatic heterocycles. The number of likely N-dealkylation sites (N-methyl/N-ethyl adjacent to an activating group) is 1. The van der Waals surface area contributed by atoms with Crippen molar-refractivity contribution in [3.63, 3.8) is 0 Å². The molecule has 0 unspecified atom stereocenters. The number of hydrogen-bond donors (Lipinski definition) is 0. The summed E-state index contributed by atoms with van der Waals surface area (Å²) < 4.78 is 8.20. The number of benzene rings is 2. The fourth-order valence-corrected chi connectivity index (χ4v) is 4.39. The predicted octanol–water partition coefficient (Wildman–Crippen LogP) is 4.16. The van der Waals surface area contributed by atoms with Crippen molar-refractivity contribution in [2.24, 2.45) is 0 Å². The molecule has 0 atom stereocenters. The average Bonchev–Trinajstić information content (AvgIpc) is 3.28. The molecule has 0 aliphatic rings. The zero-order valence-electron chi connectivity index (χ0n) is 16.3. The minimum absolute atomic E-state index is 0.0693. The third kappa shape index (κ3) is 3.86. The Labute approximate surface area is 172 Å². The van der Waals surface area contributed by atoms with Crippen LogP contribution in [0.3, 0.4) is 0 Å². The Morgan fingerprint density at radius 3 is 2.69 bits per heavy atom. The summed E-state index contributed by atoms with van der Waals surface area (Å²) >= 11 is 1.45. The predicted molar refractivity (Wildman–Crippen MR) is 115 cm³/mol. The number of anilines is 1. The van der Waals surface area contributed by atoms with Crippen molar-refractivity contribution < 1.29 is 14.3 Å². The van der Waals surface area contributed by atoms with E-state index in [1.807, 2.05) is 73.0 Å². The first-order valence-electron chi connectivity index (χ1n) is 9.43. The Kier molecular flexibility index (Phi) is 5.31. The van der Waals surface area contributed by atoms with E-state index >= 15 is 0 Å². The number of carbonyl (C=O) groups excluding carboxylic acids is 2. The van der Waals surface area contributed by atoms with Gasteiger partial charge in [-0.15, -0.1) is 0 Å². The molecule has 6 nitrogen and oxygen atoms in total. The van der Waals surface area contributed by atoms with Gasteiger partial charge in [-0.1, -0.05) is 41.7 Å². The SMILES string of the molecule is CCN(C(=O)COC(=O)Cn1c(C)cc2ccccc21)c1nc2ccccc2s1. The highest BCUT2D eigenvalue weighted by Gasteiger charge is 2.20. The van der Waals surface area contributed by atoms with Gasteiger partial charge in [0.25, 0.3) is 5.91 Å². The Morgan fingerprint density at radius 1 is 1.14 bits per heavy atom. The lowest BCUT2D eigenvalue weighted by Gasteiger charge is -2.17. The van der Waals surface area contributed by atoms with Gasteiger partial charge in [-0.2, -0.15) is 0 Å². The van der Waals surface area contributed by atoms with Gasteiger partial charge in [-0.3, -0.25) is 14.5 Å². The van der Waals surface area contributed by atoms with E-state index in [9.17, 15) is 9.59 Å². The highest BCUT2D eigenvalue weighted by Crippen LogP contribution is 2.28. The van der Waals surface area contributed by atoms with Gasteiger partial charge in [0.1, 0.15) is 6.54 Å². The van der Waals surface area contributed by atoms with Gasteiger partial charge < -0.3 is 9.30 Å². The summed E-state index contributed by atoms with van der Waals surface area (Å²) in [4.78, 5) is 31.1. The van der Waals surface area contributed by atoms with Crippen LogP contribution in [0.1, 0.15) is 12.6 Å². The maximum atomic E-state index is 12.6. The monoisotopic (exact) mass is 407 g/mol. The van der Waals surface area contributed by atoms with Crippen LogP contribution in [0.5, 0.6) is 0 Å². The summed E-state index contributed by atoms with van der Waals surface area (Å²) in [5.74, 6) is -0.725. The number of aromatic nitrogens is 2. The van der Waals surface area contributed by atoms with Crippen LogP contribution in [0.4, 0.5) is 5.13 Å². The zero-order chi connectivity index (χ0) is 20.4. The molecule has 0 aliphatic carbocycles. The number of rotatable bonds is 6. The van der Waals surface area contributed by atoms with E-state index in [0.29, 0.717) is 11.7 Å². The van der Waals surface area contributed by atoms with Crippen LogP contribution < -0.4 is 4.90 Å². The summed E-state index contributed by atoms with van der Waals surface area (Å²) in [7, 11) is 0. The molecule has 0 aliphatic heterocycles. The summed E-state index contributed by atoms with van der Waals surface area (Å²) in [5.41, 5.74) is 2.79. The Balaban J connectivity index is 1.42. The number of hydrogen-bond acceptors (Lipinski definition) is 5. The molecular weight excluding hydrogens is 386 g/mol. The first kappa shape index (κ1) is 19.1. The molecule has 0 bridgehead atoms. The second-order valence-electron chi connectivity index (χ2n) is 6.69. The molecule has 29 heavy (non-hydrogen) atoms. The number of thiazole rings is 1. The second kappa shape index (κ2) is 8.05. The van der Waals surface area contributed by atoms with Crippen molar-refractivity contribution in [2.45, 2.75) is 20.4 Å². The van der Waals surface area contributed by atoms with E-state index in [1.165, 1.54) is 11.3 Å². The molecule has 2 heterocycles. The highest BCUT2D eigenvalue weighted by molar-refractivity contribution is 7.22. The zero-order valence-corrected chi connectivity index (χ0v) is 17.1. The van der Waals surface area contributed by atoms with E-state index in [-0.39, 0.29) is 19.1 Å². The maximum Gasteiger partial charge on any atom is 0.326 e. The average molecular weight is 407 g/mol. The third-order valence-electron chi connectivity index (χ3n) is 4.79. The Bertz CT molecular complexity index is 1160. The van der Waals surface area contributed by atoms with Gasteiger partial charge in [0.2, 0.25) is 0 Å². The molecule has 0 radical (unpaired) electrons. The van der Waals surface area contributed by atoms with Crippen molar-refractivity contribution >= 4 is 49.5 Å². The molecule has 0 N–H and O–H groups in total. The van der Waals surface area contributed by atoms with Crippen LogP contribution in [-0.4, -0.2) is 34.6 Å². The van der Waals surface area contributed by atoms with Gasteiger partial charge in [-0.25, -0.2) is 4.98 Å². The van der Waals surface area contributed by atoms with Gasteiger partial charge >= 0.3 is 5.97 Å². The molecule has 0 saturated heterocycles. The molecule has 0 saturated carbocycles. The summed E-state index contributed by atoms with van der Waals surface area (Å²) in [6.45, 7) is 4.05. The molecule has 4 rings (SSSR count). The lowest BCUT2D eigenvalue weighted by atomic mass is 10.2. The van der Waals surface area contributed by atoms with Crippen LogP contribution in [0.15, 0.2) is 54.6 Å². The maximum absolute atomic E-state index is 12.6. The third-order valence-corrected chi connectivity index (χ3v) is 5.85. The van der Waals surface area contributed by atoms with Crippen LogP contribution in [0, 0.1) is 6.92 Å². The number of esters is 1. The number of amides is 1. The number of fused-ring (bicyclic) bond motifs is 2. The molecule has 7 heteroatoms. The Hall–Kier alpha value is -3.19. The summed E-state index contributed by atoms with van der Waals surface area (Å²) in [5, 5.41) is 1.68. The minimum atomic E-state index is -0.442. The van der Waals surface area contributed by atoms with E-state index in [0.717, 1.165) is 26.8 Å². The topological polar surface area (TPSA) is 64.4 Å². The van der Waals surface area contributed by atoms with Crippen molar-refractivity contribution in [1.29, 1.82) is 0 Å². The number of nitrogens with zero attached hydrogens (tertiary/aromatic N) is 3. The van der Waals surface area contributed by atoms with E-state index in [4.69, 9.17) is 4.74 Å². The number of carbonyl (C=O) groups is 2. The van der Waals surface area contributed by atoms with Gasteiger partial charge in [0.05, 0.1) is 10.2 Å². The molecule has 148 valence electrons. The minimum Gasteiger partial charge on any atom is -0.454 e. The van der Waals surface area contributed by atoms with Crippen molar-refractivity contribution in [3.8, 4) is 0 Å². The lowest BCUT2D eigenvalue weighted by Crippen LogP contribution is -2.34. The van der Waals surface area contributed by atoms with Gasteiger partial charge in [0.15, 0.2) is 11.7 Å². The molecule has 2 aromatic carbocycles. The Morgan fingerprint density at radius 2 is 1.90 bits per heavy atom. The largest absolute Gasteiger partial charge is 0.454 e. The lowest BCUT2D eigenvalue weighted by molar-refractivity contribution is -0.148. The standard InChI is InChI=1S/C22H21N3O3S/c1-3-24(22-23-17-9-5-7-11-19(17)29-22)20(26)14-28-21(27)13-25-15(2)12-16-8-4-6-10-18(16)25/h4-12H,3,13-14H2,1-2H3. The van der Waals surface area contributed by atoms with Crippen LogP contribution in [0.25, 0.3) is 21.1 Å². The number of aryl methyl sites for hydroxylation is 1. The van der Waals surface area contributed by atoms with Crippen molar-refractivity contribution in [2.75, 3.05) is 18.1 Å². The summed E-state index contributed by atoms with van der Waals surface area (Å²) in [6.07, 6.45) is 0.